The lowest BCUT2D eigenvalue weighted by Gasteiger charge is -2.09. The third-order valence-corrected chi connectivity index (χ3v) is 2.20. The topological polar surface area (TPSA) is 30.5 Å². The number of hydrogen-bond donors (Lipinski definition) is 1. The molecule has 0 aliphatic heterocycles. The summed E-state index contributed by atoms with van der Waals surface area (Å²) in [5.74, 6) is 0.876. The van der Waals surface area contributed by atoms with E-state index in [9.17, 15) is 0 Å². The van der Waals surface area contributed by atoms with Gasteiger partial charge in [0.15, 0.2) is 0 Å². The van der Waals surface area contributed by atoms with Crippen LogP contribution in [0.25, 0.3) is 0 Å². The predicted molar refractivity (Wildman–Crippen MR) is 65.8 cm³/mol. The zero-order valence-corrected chi connectivity index (χ0v) is 10.3. The second-order valence-corrected chi connectivity index (χ2v) is 4.01. The van der Waals surface area contributed by atoms with E-state index >= 15 is 0 Å². The summed E-state index contributed by atoms with van der Waals surface area (Å²) < 4.78 is 10.7. The highest BCUT2D eigenvalue weighted by Crippen LogP contribution is 2.12. The molecular weight excluding hydrogens is 202 g/mol. The molecule has 0 saturated heterocycles. The van der Waals surface area contributed by atoms with Crippen molar-refractivity contribution < 1.29 is 9.47 Å². The van der Waals surface area contributed by atoms with Gasteiger partial charge >= 0.3 is 0 Å². The molecule has 1 aromatic carbocycles. The van der Waals surface area contributed by atoms with Crippen LogP contribution in [-0.4, -0.2) is 26.3 Å². The molecule has 0 aliphatic carbocycles. The summed E-state index contributed by atoms with van der Waals surface area (Å²) in [4.78, 5) is 0. The van der Waals surface area contributed by atoms with E-state index in [1.807, 2.05) is 24.3 Å². The fourth-order valence-corrected chi connectivity index (χ4v) is 1.37. The highest BCUT2D eigenvalue weighted by atomic mass is 16.5. The van der Waals surface area contributed by atoms with Gasteiger partial charge in [-0.25, -0.2) is 0 Å². The smallest absolute Gasteiger partial charge is 0.119 e. The molecule has 1 aromatic rings. The van der Waals surface area contributed by atoms with Gasteiger partial charge in [0.25, 0.3) is 0 Å². The molecule has 0 spiro atoms. The lowest BCUT2D eigenvalue weighted by molar-refractivity contribution is 0.121. The molecule has 0 aromatic heterocycles. The van der Waals surface area contributed by atoms with Gasteiger partial charge < -0.3 is 14.8 Å². The van der Waals surface area contributed by atoms with E-state index in [0.717, 1.165) is 24.5 Å². The SMILES string of the molecule is COc1cccc(COCCNC(C)C)c1. The van der Waals surface area contributed by atoms with Crippen molar-refractivity contribution in [1.82, 2.24) is 5.32 Å². The van der Waals surface area contributed by atoms with Crippen molar-refractivity contribution in [3.8, 4) is 5.75 Å². The maximum Gasteiger partial charge on any atom is 0.119 e. The van der Waals surface area contributed by atoms with Crippen LogP contribution in [0.15, 0.2) is 24.3 Å². The molecule has 0 amide bonds. The number of rotatable bonds is 7. The molecule has 0 aliphatic rings. The van der Waals surface area contributed by atoms with E-state index < -0.39 is 0 Å². The van der Waals surface area contributed by atoms with Gasteiger partial charge in [0, 0.05) is 12.6 Å². The van der Waals surface area contributed by atoms with Crippen molar-refractivity contribution >= 4 is 0 Å². The van der Waals surface area contributed by atoms with Crippen molar-refractivity contribution in [2.24, 2.45) is 0 Å². The summed E-state index contributed by atoms with van der Waals surface area (Å²) in [6.45, 7) is 6.51. The Kier molecular flexibility index (Phi) is 5.90. The normalized spacial score (nSPS) is 10.8. The summed E-state index contributed by atoms with van der Waals surface area (Å²) in [6, 6.07) is 8.46. The largest absolute Gasteiger partial charge is 0.497 e. The van der Waals surface area contributed by atoms with Crippen molar-refractivity contribution in [3.63, 3.8) is 0 Å². The molecule has 0 bridgehead atoms. The highest BCUT2D eigenvalue weighted by molar-refractivity contribution is 5.27. The number of hydrogen-bond acceptors (Lipinski definition) is 3. The first-order valence-corrected chi connectivity index (χ1v) is 5.66. The molecule has 0 unspecified atom stereocenters. The van der Waals surface area contributed by atoms with Crippen LogP contribution in [0.2, 0.25) is 0 Å². The van der Waals surface area contributed by atoms with Gasteiger partial charge in [-0.2, -0.15) is 0 Å². The van der Waals surface area contributed by atoms with E-state index in [0.29, 0.717) is 12.6 Å². The van der Waals surface area contributed by atoms with Crippen molar-refractivity contribution in [3.05, 3.63) is 29.8 Å². The third kappa shape index (κ3) is 5.14. The van der Waals surface area contributed by atoms with Gasteiger partial charge in [0.2, 0.25) is 0 Å². The Hall–Kier alpha value is -1.06. The van der Waals surface area contributed by atoms with Crippen molar-refractivity contribution in [1.29, 1.82) is 0 Å². The number of nitrogens with one attached hydrogen (secondary N) is 1. The Bertz CT molecular complexity index is 300. The van der Waals surface area contributed by atoms with Crippen LogP contribution in [0.5, 0.6) is 5.75 Å². The van der Waals surface area contributed by atoms with Gasteiger partial charge in [-0.05, 0) is 17.7 Å². The quantitative estimate of drug-likeness (QED) is 0.719. The maximum atomic E-state index is 5.55. The van der Waals surface area contributed by atoms with Crippen LogP contribution in [0.3, 0.4) is 0 Å². The molecule has 0 radical (unpaired) electrons. The minimum Gasteiger partial charge on any atom is -0.497 e. The highest BCUT2D eigenvalue weighted by Gasteiger charge is 1.96. The van der Waals surface area contributed by atoms with Gasteiger partial charge in [-0.1, -0.05) is 26.0 Å². The summed E-state index contributed by atoms with van der Waals surface area (Å²) in [5.41, 5.74) is 1.14. The standard InChI is InChI=1S/C13H21NO2/c1-11(2)14-7-8-16-10-12-5-4-6-13(9-12)15-3/h4-6,9,11,14H,7-8,10H2,1-3H3. The second-order valence-electron chi connectivity index (χ2n) is 4.01. The monoisotopic (exact) mass is 223 g/mol. The second kappa shape index (κ2) is 7.25. The lowest BCUT2D eigenvalue weighted by atomic mass is 10.2. The number of benzene rings is 1. The summed E-state index contributed by atoms with van der Waals surface area (Å²) in [6.07, 6.45) is 0. The van der Waals surface area contributed by atoms with E-state index in [-0.39, 0.29) is 0 Å². The van der Waals surface area contributed by atoms with Crippen LogP contribution >= 0.6 is 0 Å². The Labute approximate surface area is 97.8 Å². The molecule has 0 fully saturated rings. The zero-order valence-electron chi connectivity index (χ0n) is 10.3. The molecular formula is C13H21NO2. The zero-order chi connectivity index (χ0) is 11.8. The third-order valence-electron chi connectivity index (χ3n) is 2.20. The van der Waals surface area contributed by atoms with Gasteiger partial charge in [-0.15, -0.1) is 0 Å². The van der Waals surface area contributed by atoms with Crippen molar-refractivity contribution in [2.75, 3.05) is 20.3 Å². The van der Waals surface area contributed by atoms with Crippen LogP contribution < -0.4 is 10.1 Å². The van der Waals surface area contributed by atoms with Gasteiger partial charge in [0.1, 0.15) is 5.75 Å². The number of ether oxygens (including phenoxy) is 2. The molecule has 0 saturated carbocycles. The molecule has 1 rings (SSSR count). The first kappa shape index (κ1) is 13.0. The molecule has 90 valence electrons. The summed E-state index contributed by atoms with van der Waals surface area (Å²) in [5, 5.41) is 3.30. The Morgan fingerprint density at radius 1 is 1.31 bits per heavy atom. The van der Waals surface area contributed by atoms with Crippen LogP contribution in [-0.2, 0) is 11.3 Å². The van der Waals surface area contributed by atoms with E-state index in [1.54, 1.807) is 7.11 Å². The van der Waals surface area contributed by atoms with Crippen molar-refractivity contribution in [2.45, 2.75) is 26.5 Å². The van der Waals surface area contributed by atoms with Crippen LogP contribution in [0, 0.1) is 0 Å². The molecule has 0 atom stereocenters. The average Bonchev–Trinajstić information content (AvgIpc) is 2.28. The molecule has 16 heavy (non-hydrogen) atoms. The maximum absolute atomic E-state index is 5.55. The predicted octanol–water partition coefficient (Wildman–Crippen LogP) is 2.21. The summed E-state index contributed by atoms with van der Waals surface area (Å²) in [7, 11) is 1.67. The van der Waals surface area contributed by atoms with Crippen LogP contribution in [0.1, 0.15) is 19.4 Å². The lowest BCUT2D eigenvalue weighted by Crippen LogP contribution is -2.26. The summed E-state index contributed by atoms with van der Waals surface area (Å²) >= 11 is 0. The molecule has 0 heterocycles. The minimum atomic E-state index is 0.514. The van der Waals surface area contributed by atoms with Gasteiger partial charge in [-0.3, -0.25) is 0 Å². The molecule has 1 N–H and O–H groups in total. The number of methoxy groups -OCH3 is 1. The van der Waals surface area contributed by atoms with E-state index in [4.69, 9.17) is 9.47 Å². The van der Waals surface area contributed by atoms with E-state index in [1.165, 1.54) is 0 Å². The fourth-order valence-electron chi connectivity index (χ4n) is 1.37. The van der Waals surface area contributed by atoms with Gasteiger partial charge in [0.05, 0.1) is 20.3 Å². The first-order valence-electron chi connectivity index (χ1n) is 5.66. The Morgan fingerprint density at radius 2 is 2.12 bits per heavy atom. The Morgan fingerprint density at radius 3 is 2.81 bits per heavy atom. The average molecular weight is 223 g/mol. The van der Waals surface area contributed by atoms with E-state index in [2.05, 4.69) is 19.2 Å². The molecule has 3 nitrogen and oxygen atoms in total. The first-order chi connectivity index (χ1) is 7.72. The van der Waals surface area contributed by atoms with Crippen LogP contribution in [0.4, 0.5) is 0 Å². The fraction of sp³-hybridized carbons (Fsp3) is 0.538. The molecule has 3 heteroatoms. The Balaban J connectivity index is 2.21. The minimum absolute atomic E-state index is 0.514.